The van der Waals surface area contributed by atoms with Gasteiger partial charge in [-0.05, 0) is 37.3 Å². The van der Waals surface area contributed by atoms with Crippen molar-refractivity contribution in [2.24, 2.45) is 5.92 Å². The first-order chi connectivity index (χ1) is 9.04. The average molecular weight is 265 g/mol. The third-order valence-electron chi connectivity index (χ3n) is 3.45. The first-order valence-electron chi connectivity index (χ1n) is 6.83. The van der Waals surface area contributed by atoms with Crippen LogP contribution in [-0.4, -0.2) is 28.8 Å². The number of nitrogens with two attached hydrogens (primary N) is 1. The van der Waals surface area contributed by atoms with Gasteiger partial charge in [0.1, 0.15) is 5.82 Å². The lowest BCUT2D eigenvalue weighted by atomic mass is 9.77. The average Bonchev–Trinajstić information content (AvgIpc) is 2.34. The Morgan fingerprint density at radius 1 is 1.47 bits per heavy atom. The van der Waals surface area contributed by atoms with E-state index in [1.807, 2.05) is 6.07 Å². The van der Waals surface area contributed by atoms with Gasteiger partial charge in [0.25, 0.3) is 0 Å². The minimum atomic E-state index is -0.210. The Kier molecular flexibility index (Phi) is 4.14. The fraction of sp³-hybridized carbons (Fsp3) is 0.643. The third-order valence-corrected chi connectivity index (χ3v) is 3.45. The number of anilines is 2. The Morgan fingerprint density at radius 3 is 2.74 bits per heavy atom. The monoisotopic (exact) mass is 265 g/mol. The predicted octanol–water partition coefficient (Wildman–Crippen LogP) is 2.03. The van der Waals surface area contributed by atoms with Gasteiger partial charge in [-0.15, -0.1) is 0 Å². The number of nitrogen functional groups attached to an aromatic ring is 1. The van der Waals surface area contributed by atoms with Crippen molar-refractivity contribution in [2.75, 3.05) is 24.3 Å². The highest BCUT2D eigenvalue weighted by Crippen LogP contribution is 2.35. The number of nitrogens with zero attached hydrogens (tertiary/aromatic N) is 1. The van der Waals surface area contributed by atoms with Crippen LogP contribution >= 0.6 is 0 Å². The second-order valence-electron chi connectivity index (χ2n) is 5.71. The molecular weight excluding hydrogens is 242 g/mol. The first-order valence-corrected chi connectivity index (χ1v) is 6.83. The maximum absolute atomic E-state index is 9.45. The fourth-order valence-electron chi connectivity index (χ4n) is 2.08. The van der Waals surface area contributed by atoms with Crippen LogP contribution in [0.1, 0.15) is 33.1 Å². The molecule has 19 heavy (non-hydrogen) atoms. The van der Waals surface area contributed by atoms with Crippen LogP contribution in [0.5, 0.6) is 5.88 Å². The Labute approximate surface area is 114 Å². The Morgan fingerprint density at radius 2 is 2.21 bits per heavy atom. The van der Waals surface area contributed by atoms with Crippen LogP contribution in [0.15, 0.2) is 12.1 Å². The van der Waals surface area contributed by atoms with Crippen LogP contribution in [-0.2, 0) is 0 Å². The van der Waals surface area contributed by atoms with Gasteiger partial charge in [-0.25, -0.2) is 0 Å². The van der Waals surface area contributed by atoms with E-state index in [-0.39, 0.29) is 12.1 Å². The molecule has 0 aromatic carbocycles. The first kappa shape index (κ1) is 13.9. The van der Waals surface area contributed by atoms with Gasteiger partial charge in [0.15, 0.2) is 0 Å². The number of aliphatic hydroxyl groups is 1. The summed E-state index contributed by atoms with van der Waals surface area (Å²) < 4.78 is 5.60. The Bertz CT molecular complexity index is 425. The number of aliphatic hydroxyl groups excluding tert-OH is 1. The van der Waals surface area contributed by atoms with Gasteiger partial charge in [-0.3, -0.25) is 0 Å². The van der Waals surface area contributed by atoms with E-state index in [1.165, 1.54) is 0 Å². The van der Waals surface area contributed by atoms with Crippen LogP contribution < -0.4 is 15.8 Å². The molecular formula is C14H23N3O2. The van der Waals surface area contributed by atoms with Gasteiger partial charge in [0.2, 0.25) is 5.88 Å². The van der Waals surface area contributed by atoms with Gasteiger partial charge in [0, 0.05) is 0 Å². The van der Waals surface area contributed by atoms with Crippen LogP contribution in [0, 0.1) is 5.92 Å². The second kappa shape index (κ2) is 5.65. The van der Waals surface area contributed by atoms with E-state index in [1.54, 1.807) is 6.07 Å². The van der Waals surface area contributed by atoms with Crippen molar-refractivity contribution in [3.05, 3.63) is 12.1 Å². The maximum Gasteiger partial charge on any atom is 0.239 e. The lowest BCUT2D eigenvalue weighted by Gasteiger charge is -2.41. The molecule has 4 N–H and O–H groups in total. The molecule has 0 radical (unpaired) electrons. The van der Waals surface area contributed by atoms with Gasteiger partial charge in [0.05, 0.1) is 24.4 Å². The molecule has 0 amide bonds. The number of nitrogens with one attached hydrogen (secondary N) is 1. The largest absolute Gasteiger partial charge is 0.476 e. The molecule has 0 saturated heterocycles. The van der Waals surface area contributed by atoms with Crippen LogP contribution in [0.2, 0.25) is 0 Å². The lowest BCUT2D eigenvalue weighted by Crippen LogP contribution is -2.48. The standard InChI is InChI=1S/C14H23N3O2/c1-10(2)8-19-13-11(15)4-5-12(16-13)17-14(9-18)6-3-7-14/h4-5,10,18H,3,6-9,15H2,1-2H3,(H,16,17). The summed E-state index contributed by atoms with van der Waals surface area (Å²) in [6.45, 7) is 4.87. The molecule has 1 fully saturated rings. The van der Waals surface area contributed by atoms with Gasteiger partial charge >= 0.3 is 0 Å². The molecule has 106 valence electrons. The Balaban J connectivity index is 2.07. The second-order valence-corrected chi connectivity index (χ2v) is 5.71. The zero-order valence-electron chi connectivity index (χ0n) is 11.6. The summed E-state index contributed by atoms with van der Waals surface area (Å²) in [5, 5.41) is 12.8. The topological polar surface area (TPSA) is 80.4 Å². The number of ether oxygens (including phenoxy) is 1. The molecule has 0 spiro atoms. The molecule has 0 aliphatic heterocycles. The number of hydrogen-bond acceptors (Lipinski definition) is 5. The van der Waals surface area contributed by atoms with Gasteiger partial charge in [-0.2, -0.15) is 4.98 Å². The van der Waals surface area contributed by atoms with E-state index in [0.717, 1.165) is 19.3 Å². The lowest BCUT2D eigenvalue weighted by molar-refractivity contribution is 0.143. The van der Waals surface area contributed by atoms with Crippen molar-refractivity contribution in [1.82, 2.24) is 4.98 Å². The number of hydrogen-bond donors (Lipinski definition) is 3. The molecule has 1 aliphatic rings. The van der Waals surface area contributed by atoms with Crippen LogP contribution in [0.25, 0.3) is 0 Å². The predicted molar refractivity (Wildman–Crippen MR) is 76.3 cm³/mol. The molecule has 1 heterocycles. The summed E-state index contributed by atoms with van der Waals surface area (Å²) in [5.41, 5.74) is 6.18. The highest BCUT2D eigenvalue weighted by atomic mass is 16.5. The van der Waals surface area contributed by atoms with Crippen molar-refractivity contribution in [1.29, 1.82) is 0 Å². The van der Waals surface area contributed by atoms with E-state index in [0.29, 0.717) is 29.9 Å². The number of pyridine rings is 1. The van der Waals surface area contributed by atoms with E-state index in [9.17, 15) is 5.11 Å². The maximum atomic E-state index is 9.45. The third kappa shape index (κ3) is 3.29. The zero-order valence-corrected chi connectivity index (χ0v) is 11.6. The Hall–Kier alpha value is -1.49. The molecule has 1 aromatic heterocycles. The molecule has 1 saturated carbocycles. The van der Waals surface area contributed by atoms with Gasteiger partial charge < -0.3 is 20.9 Å². The minimum absolute atomic E-state index is 0.126. The molecule has 1 aromatic rings. The van der Waals surface area contributed by atoms with E-state index in [2.05, 4.69) is 24.1 Å². The number of aromatic nitrogens is 1. The van der Waals surface area contributed by atoms with Crippen molar-refractivity contribution >= 4 is 11.5 Å². The summed E-state index contributed by atoms with van der Waals surface area (Å²) in [6.07, 6.45) is 3.08. The summed E-state index contributed by atoms with van der Waals surface area (Å²) in [4.78, 5) is 4.39. The van der Waals surface area contributed by atoms with E-state index in [4.69, 9.17) is 10.5 Å². The number of rotatable bonds is 6. The van der Waals surface area contributed by atoms with Gasteiger partial charge in [-0.1, -0.05) is 13.8 Å². The van der Waals surface area contributed by atoms with Crippen LogP contribution in [0.3, 0.4) is 0 Å². The van der Waals surface area contributed by atoms with Crippen molar-refractivity contribution in [3.8, 4) is 5.88 Å². The molecule has 5 heteroatoms. The highest BCUT2D eigenvalue weighted by Gasteiger charge is 2.36. The molecule has 0 atom stereocenters. The highest BCUT2D eigenvalue weighted by molar-refractivity contribution is 5.54. The molecule has 1 aliphatic carbocycles. The normalized spacial score (nSPS) is 17.1. The summed E-state index contributed by atoms with van der Waals surface area (Å²) >= 11 is 0. The summed E-state index contributed by atoms with van der Waals surface area (Å²) in [5.74, 6) is 1.60. The summed E-state index contributed by atoms with van der Waals surface area (Å²) in [7, 11) is 0. The van der Waals surface area contributed by atoms with Crippen molar-refractivity contribution < 1.29 is 9.84 Å². The molecule has 2 rings (SSSR count). The van der Waals surface area contributed by atoms with E-state index >= 15 is 0 Å². The summed E-state index contributed by atoms with van der Waals surface area (Å²) in [6, 6.07) is 3.61. The van der Waals surface area contributed by atoms with E-state index < -0.39 is 0 Å². The van der Waals surface area contributed by atoms with Crippen molar-refractivity contribution in [2.45, 2.75) is 38.6 Å². The van der Waals surface area contributed by atoms with Crippen molar-refractivity contribution in [3.63, 3.8) is 0 Å². The minimum Gasteiger partial charge on any atom is -0.476 e. The smallest absolute Gasteiger partial charge is 0.239 e. The quantitative estimate of drug-likeness (QED) is 0.733. The van der Waals surface area contributed by atoms with Crippen LogP contribution in [0.4, 0.5) is 11.5 Å². The molecule has 0 unspecified atom stereocenters. The zero-order chi connectivity index (χ0) is 13.9. The SMILES string of the molecule is CC(C)COc1nc(NC2(CO)CCC2)ccc1N. The molecule has 5 nitrogen and oxygen atoms in total. The fourth-order valence-corrected chi connectivity index (χ4v) is 2.08. The molecule has 0 bridgehead atoms.